The number of likely N-dealkylation sites (tertiary alicyclic amines) is 1. The highest BCUT2D eigenvalue weighted by molar-refractivity contribution is 7.98. The van der Waals surface area contributed by atoms with Crippen molar-refractivity contribution < 1.29 is 4.79 Å². The molecule has 2 N–H and O–H groups in total. The van der Waals surface area contributed by atoms with E-state index in [2.05, 4.69) is 41.6 Å². The smallest absolute Gasteiger partial charge is 0.323 e. The molecule has 0 spiro atoms. The molecule has 3 aromatic rings. The fourth-order valence-electron chi connectivity index (χ4n) is 4.58. The third kappa shape index (κ3) is 3.42. The lowest BCUT2D eigenvalue weighted by Gasteiger charge is -2.27. The summed E-state index contributed by atoms with van der Waals surface area (Å²) in [5.74, 6) is 2.01. The Hall–Kier alpha value is -2.40. The number of nitrogens with one attached hydrogen (secondary N) is 2. The standard InChI is InChI=1S/C18H22N8OS2/c1-25(15-13-3-4-19-14(13)20-9-21-15)12-5-10-7-26(8-11(10)6-12)18(27)23-16-22-17(28-2)24-29-16/h3-4,9-12H,5-8H2,1-2H3,(H,19,20,21)(H,22,23,24,27)/t10-,11+,12?. The van der Waals surface area contributed by atoms with Gasteiger partial charge in [-0.2, -0.15) is 9.36 Å². The van der Waals surface area contributed by atoms with Crippen LogP contribution in [0.2, 0.25) is 0 Å². The molecule has 1 saturated carbocycles. The maximum atomic E-state index is 12.6. The summed E-state index contributed by atoms with van der Waals surface area (Å²) < 4.78 is 4.19. The highest BCUT2D eigenvalue weighted by Crippen LogP contribution is 2.41. The van der Waals surface area contributed by atoms with Crippen molar-refractivity contribution in [1.29, 1.82) is 0 Å². The van der Waals surface area contributed by atoms with Crippen molar-refractivity contribution in [2.45, 2.75) is 24.0 Å². The molecule has 4 heterocycles. The number of H-pyrrole nitrogens is 1. The van der Waals surface area contributed by atoms with E-state index in [0.717, 1.165) is 42.8 Å². The monoisotopic (exact) mass is 430 g/mol. The summed E-state index contributed by atoms with van der Waals surface area (Å²) >= 11 is 2.70. The molecule has 2 amide bonds. The maximum absolute atomic E-state index is 12.6. The zero-order valence-corrected chi connectivity index (χ0v) is 17.8. The number of nitrogens with zero attached hydrogens (tertiary/aromatic N) is 6. The van der Waals surface area contributed by atoms with Gasteiger partial charge >= 0.3 is 6.03 Å². The van der Waals surface area contributed by atoms with Gasteiger partial charge < -0.3 is 14.8 Å². The molecule has 0 radical (unpaired) electrons. The van der Waals surface area contributed by atoms with E-state index in [9.17, 15) is 4.79 Å². The fraction of sp³-hybridized carbons (Fsp3) is 0.500. The van der Waals surface area contributed by atoms with E-state index in [-0.39, 0.29) is 6.03 Å². The lowest BCUT2D eigenvalue weighted by molar-refractivity contribution is 0.218. The van der Waals surface area contributed by atoms with Crippen LogP contribution in [0.5, 0.6) is 0 Å². The number of anilines is 2. The van der Waals surface area contributed by atoms with Crippen LogP contribution in [0, 0.1) is 11.8 Å². The van der Waals surface area contributed by atoms with Gasteiger partial charge in [0.1, 0.15) is 17.8 Å². The largest absolute Gasteiger partial charge is 0.356 e. The zero-order chi connectivity index (χ0) is 20.0. The number of rotatable bonds is 4. The van der Waals surface area contributed by atoms with E-state index in [1.54, 1.807) is 6.33 Å². The Kier molecular flexibility index (Phi) is 4.78. The second-order valence-corrected chi connectivity index (χ2v) is 9.14. The first-order valence-electron chi connectivity index (χ1n) is 9.57. The van der Waals surface area contributed by atoms with E-state index >= 15 is 0 Å². The molecule has 1 aliphatic carbocycles. The van der Waals surface area contributed by atoms with Crippen LogP contribution in [0.4, 0.5) is 15.7 Å². The predicted molar refractivity (Wildman–Crippen MR) is 115 cm³/mol. The second-order valence-electron chi connectivity index (χ2n) is 7.61. The summed E-state index contributed by atoms with van der Waals surface area (Å²) in [6, 6.07) is 2.38. The Bertz CT molecular complexity index is 1020. The van der Waals surface area contributed by atoms with Gasteiger partial charge in [0.05, 0.1) is 5.39 Å². The van der Waals surface area contributed by atoms with Gasteiger partial charge in [-0.25, -0.2) is 14.8 Å². The quantitative estimate of drug-likeness (QED) is 0.614. The van der Waals surface area contributed by atoms with Gasteiger partial charge in [0.15, 0.2) is 0 Å². The second kappa shape index (κ2) is 7.45. The molecule has 3 atom stereocenters. The SMILES string of the molecule is CSc1nsc(NC(=O)N2C[C@H]3CC(N(C)c4ncnc5[nH]ccc45)C[C@H]3C2)n1. The van der Waals surface area contributed by atoms with Crippen LogP contribution >= 0.6 is 23.3 Å². The highest BCUT2D eigenvalue weighted by atomic mass is 32.2. The van der Waals surface area contributed by atoms with Crippen molar-refractivity contribution in [1.82, 2.24) is 29.2 Å². The normalized spacial score (nSPS) is 23.5. The van der Waals surface area contributed by atoms with Gasteiger partial charge in [0, 0.05) is 43.9 Å². The Balaban J connectivity index is 1.21. The molecule has 2 fully saturated rings. The number of carbonyl (C=O) groups excluding carboxylic acids is 1. The molecule has 3 aromatic heterocycles. The molecular weight excluding hydrogens is 408 g/mol. The molecule has 0 bridgehead atoms. The third-order valence-electron chi connectivity index (χ3n) is 6.03. The Labute approximate surface area is 176 Å². The van der Waals surface area contributed by atoms with Gasteiger partial charge in [-0.15, -0.1) is 0 Å². The van der Waals surface area contributed by atoms with E-state index in [0.29, 0.717) is 28.2 Å². The summed E-state index contributed by atoms with van der Waals surface area (Å²) in [5.41, 5.74) is 0.865. The van der Waals surface area contributed by atoms with Crippen LogP contribution in [0.1, 0.15) is 12.8 Å². The number of hydrogen-bond acceptors (Lipinski definition) is 8. The lowest BCUT2D eigenvalue weighted by Crippen LogP contribution is -2.36. The first-order chi connectivity index (χ1) is 14.1. The van der Waals surface area contributed by atoms with Gasteiger partial charge in [-0.05, 0) is 37.0 Å². The zero-order valence-electron chi connectivity index (χ0n) is 16.2. The van der Waals surface area contributed by atoms with Crippen molar-refractivity contribution in [3.8, 4) is 0 Å². The molecule has 11 heteroatoms. The van der Waals surface area contributed by atoms with Crippen LogP contribution in [0.15, 0.2) is 23.7 Å². The third-order valence-corrected chi connectivity index (χ3v) is 7.33. The van der Waals surface area contributed by atoms with Crippen LogP contribution in [0.3, 0.4) is 0 Å². The van der Waals surface area contributed by atoms with Crippen molar-refractivity contribution in [3.63, 3.8) is 0 Å². The van der Waals surface area contributed by atoms with Gasteiger partial charge in [0.2, 0.25) is 10.3 Å². The topological polar surface area (TPSA) is 103 Å². The van der Waals surface area contributed by atoms with Crippen LogP contribution in [-0.2, 0) is 0 Å². The first kappa shape index (κ1) is 18.6. The fourth-order valence-corrected chi connectivity index (χ4v) is 5.69. The highest BCUT2D eigenvalue weighted by Gasteiger charge is 2.44. The molecule has 9 nitrogen and oxygen atoms in total. The summed E-state index contributed by atoms with van der Waals surface area (Å²) in [4.78, 5) is 33.1. The predicted octanol–water partition coefficient (Wildman–Crippen LogP) is 2.91. The van der Waals surface area contributed by atoms with E-state index in [1.807, 2.05) is 23.4 Å². The molecule has 0 aromatic carbocycles. The number of fused-ring (bicyclic) bond motifs is 2. The summed E-state index contributed by atoms with van der Waals surface area (Å²) in [6.45, 7) is 1.58. The minimum absolute atomic E-state index is 0.0714. The van der Waals surface area contributed by atoms with Crippen molar-refractivity contribution >= 4 is 51.3 Å². The summed E-state index contributed by atoms with van der Waals surface area (Å²) in [6.07, 6.45) is 7.57. The minimum atomic E-state index is -0.0714. The Morgan fingerprint density at radius 2 is 2.14 bits per heavy atom. The van der Waals surface area contributed by atoms with E-state index < -0.39 is 0 Å². The molecule has 2 aliphatic rings. The average molecular weight is 431 g/mol. The van der Waals surface area contributed by atoms with Crippen molar-refractivity contribution in [3.05, 3.63) is 18.6 Å². The summed E-state index contributed by atoms with van der Waals surface area (Å²) in [7, 11) is 2.11. The number of thioether (sulfide) groups is 1. The van der Waals surface area contributed by atoms with Gasteiger partial charge in [0.25, 0.3) is 0 Å². The van der Waals surface area contributed by atoms with Gasteiger partial charge in [-0.1, -0.05) is 11.8 Å². The number of aromatic amines is 1. The number of hydrogen-bond donors (Lipinski definition) is 2. The molecule has 5 rings (SSSR count). The number of urea groups is 1. The van der Waals surface area contributed by atoms with Crippen LogP contribution in [-0.4, -0.2) is 67.7 Å². The minimum Gasteiger partial charge on any atom is -0.356 e. The van der Waals surface area contributed by atoms with Crippen molar-refractivity contribution in [2.24, 2.45) is 11.8 Å². The molecule has 29 heavy (non-hydrogen) atoms. The molecule has 1 aliphatic heterocycles. The van der Waals surface area contributed by atoms with Crippen molar-refractivity contribution in [2.75, 3.05) is 36.6 Å². The number of amides is 2. The molecule has 152 valence electrons. The molecular formula is C18H22N8OS2. The van der Waals surface area contributed by atoms with E-state index in [4.69, 9.17) is 0 Å². The maximum Gasteiger partial charge on any atom is 0.323 e. The first-order valence-corrected chi connectivity index (χ1v) is 11.6. The molecule has 1 unspecified atom stereocenters. The van der Waals surface area contributed by atoms with Gasteiger partial charge in [-0.3, -0.25) is 5.32 Å². The lowest BCUT2D eigenvalue weighted by atomic mass is 10.0. The molecule has 1 saturated heterocycles. The van der Waals surface area contributed by atoms with Crippen LogP contribution in [0.25, 0.3) is 11.0 Å². The number of carbonyl (C=O) groups is 1. The average Bonchev–Trinajstić information content (AvgIpc) is 3.48. The Morgan fingerprint density at radius 1 is 1.34 bits per heavy atom. The summed E-state index contributed by atoms with van der Waals surface area (Å²) in [5, 5.41) is 5.20. The Morgan fingerprint density at radius 3 is 2.86 bits per heavy atom. The van der Waals surface area contributed by atoms with E-state index in [1.165, 1.54) is 23.3 Å². The van der Waals surface area contributed by atoms with Crippen LogP contribution < -0.4 is 10.2 Å². The number of aromatic nitrogens is 5.